The minimum Gasteiger partial charge on any atom is -0.462 e. The summed E-state index contributed by atoms with van der Waals surface area (Å²) in [4.78, 5) is 38.1. The van der Waals surface area contributed by atoms with Crippen LogP contribution in [-0.2, 0) is 28.6 Å². The summed E-state index contributed by atoms with van der Waals surface area (Å²) in [6, 6.07) is 0. The second-order valence-corrected chi connectivity index (χ2v) is 19.2. The molecule has 0 aliphatic heterocycles. The van der Waals surface area contributed by atoms with Crippen LogP contribution in [0.15, 0.2) is 97.2 Å². The Morgan fingerprint density at radius 1 is 0.300 bits per heavy atom. The van der Waals surface area contributed by atoms with Crippen molar-refractivity contribution >= 4 is 17.9 Å². The van der Waals surface area contributed by atoms with E-state index in [1.54, 1.807) is 0 Å². The van der Waals surface area contributed by atoms with Gasteiger partial charge in [-0.1, -0.05) is 259 Å². The number of allylic oxidation sites excluding steroid dienone is 16. The van der Waals surface area contributed by atoms with Gasteiger partial charge in [-0.25, -0.2) is 0 Å². The maximum absolute atomic E-state index is 12.9. The lowest BCUT2D eigenvalue weighted by Gasteiger charge is -2.18. The van der Waals surface area contributed by atoms with E-state index in [0.29, 0.717) is 19.3 Å². The summed E-state index contributed by atoms with van der Waals surface area (Å²) in [6.07, 6.45) is 76.9. The van der Waals surface area contributed by atoms with Crippen LogP contribution in [0.1, 0.15) is 271 Å². The summed E-state index contributed by atoms with van der Waals surface area (Å²) in [5.74, 6) is -0.964. The maximum atomic E-state index is 12.9. The summed E-state index contributed by atoms with van der Waals surface area (Å²) in [5.41, 5.74) is 0. The first kappa shape index (κ1) is 66.3. The number of carbonyl (C=O) groups excluding carboxylic acids is 3. The van der Waals surface area contributed by atoms with Gasteiger partial charge in [-0.15, -0.1) is 0 Å². The molecule has 0 saturated carbocycles. The molecule has 0 aliphatic rings. The van der Waals surface area contributed by atoms with Crippen molar-refractivity contribution in [1.82, 2.24) is 0 Å². The van der Waals surface area contributed by atoms with Crippen molar-refractivity contribution in [2.75, 3.05) is 13.2 Å². The Morgan fingerprint density at radius 3 is 0.986 bits per heavy atom. The molecule has 0 rings (SSSR count). The number of hydrogen-bond acceptors (Lipinski definition) is 6. The maximum Gasteiger partial charge on any atom is 0.306 e. The molecule has 0 aromatic carbocycles. The molecule has 0 aromatic rings. The first-order valence-corrected chi connectivity index (χ1v) is 29.2. The Kier molecular flexibility index (Phi) is 54.9. The fourth-order valence-corrected chi connectivity index (χ4v) is 7.94. The van der Waals surface area contributed by atoms with Crippen LogP contribution in [0.5, 0.6) is 0 Å². The third kappa shape index (κ3) is 55.3. The Hall–Kier alpha value is -3.67. The van der Waals surface area contributed by atoms with Crippen molar-refractivity contribution in [1.29, 1.82) is 0 Å². The third-order valence-electron chi connectivity index (χ3n) is 12.3. The zero-order valence-corrected chi connectivity index (χ0v) is 45.8. The van der Waals surface area contributed by atoms with E-state index in [1.165, 1.54) is 122 Å². The number of ether oxygens (including phenoxy) is 3. The summed E-state index contributed by atoms with van der Waals surface area (Å²) in [7, 11) is 0. The molecular formula is C64H108O6. The number of unbranched alkanes of at least 4 members (excludes halogenated alkanes) is 25. The highest BCUT2D eigenvalue weighted by molar-refractivity contribution is 5.71. The van der Waals surface area contributed by atoms with Crippen LogP contribution in [0.25, 0.3) is 0 Å². The molecule has 0 amide bonds. The van der Waals surface area contributed by atoms with Crippen LogP contribution in [0.2, 0.25) is 0 Å². The lowest BCUT2D eigenvalue weighted by Crippen LogP contribution is -2.30. The molecule has 0 aliphatic carbocycles. The second kappa shape index (κ2) is 57.9. The largest absolute Gasteiger partial charge is 0.462 e. The van der Waals surface area contributed by atoms with Crippen LogP contribution in [0, 0.1) is 0 Å². The second-order valence-electron chi connectivity index (χ2n) is 19.2. The molecule has 0 fully saturated rings. The van der Waals surface area contributed by atoms with Crippen LogP contribution < -0.4 is 0 Å². The average Bonchev–Trinajstić information content (AvgIpc) is 3.36. The number of carbonyl (C=O) groups is 3. The van der Waals surface area contributed by atoms with Crippen molar-refractivity contribution < 1.29 is 28.6 Å². The molecule has 70 heavy (non-hydrogen) atoms. The van der Waals surface area contributed by atoms with Gasteiger partial charge in [-0.2, -0.15) is 0 Å². The van der Waals surface area contributed by atoms with Crippen molar-refractivity contribution in [2.45, 2.75) is 277 Å². The smallest absolute Gasteiger partial charge is 0.306 e. The van der Waals surface area contributed by atoms with Gasteiger partial charge in [0, 0.05) is 19.3 Å². The fraction of sp³-hybridized carbons (Fsp3) is 0.703. The fourth-order valence-electron chi connectivity index (χ4n) is 7.94. The standard InChI is InChI=1S/C64H108O6/c1-4-7-10-13-16-19-22-24-26-28-30-31-32-33-34-36-37-39-42-45-48-51-54-57-63(66)69-60-61(59-68-62(65)56-53-50-47-44-41-21-18-15-12-9-6-3)70-64(67)58-55-52-49-46-43-40-38-35-29-27-25-23-20-17-14-11-8-5-2/h7,10,15-16,18-19,24,26,30-31,33-34,37,39,45,48,61H,4-6,8-9,11-14,17,20-23,25,27-29,32,35-36,38,40-44,46-47,49-60H2,1-3H3/b10-7-,18-15-,19-16-,26-24-,31-30-,34-33-,39-37-,48-45-. The molecule has 0 radical (unpaired) electrons. The molecule has 0 heterocycles. The lowest BCUT2D eigenvalue weighted by molar-refractivity contribution is -0.167. The van der Waals surface area contributed by atoms with E-state index in [-0.39, 0.29) is 37.5 Å². The third-order valence-corrected chi connectivity index (χ3v) is 12.3. The molecular weight excluding hydrogens is 865 g/mol. The van der Waals surface area contributed by atoms with Crippen LogP contribution in [-0.4, -0.2) is 37.2 Å². The van der Waals surface area contributed by atoms with Crippen molar-refractivity contribution in [3.05, 3.63) is 97.2 Å². The Labute approximate surface area is 432 Å². The van der Waals surface area contributed by atoms with E-state index in [9.17, 15) is 14.4 Å². The molecule has 0 spiro atoms. The van der Waals surface area contributed by atoms with Crippen LogP contribution >= 0.6 is 0 Å². The topological polar surface area (TPSA) is 78.9 Å². The Balaban J connectivity index is 4.42. The van der Waals surface area contributed by atoms with Gasteiger partial charge >= 0.3 is 17.9 Å². The van der Waals surface area contributed by atoms with Gasteiger partial charge in [0.05, 0.1) is 0 Å². The number of rotatable bonds is 52. The molecule has 0 aromatic heterocycles. The van der Waals surface area contributed by atoms with Gasteiger partial charge < -0.3 is 14.2 Å². The highest BCUT2D eigenvalue weighted by atomic mass is 16.6. The van der Waals surface area contributed by atoms with Crippen LogP contribution in [0.3, 0.4) is 0 Å². The molecule has 1 unspecified atom stereocenters. The highest BCUT2D eigenvalue weighted by Gasteiger charge is 2.19. The Bertz CT molecular complexity index is 1400. The molecule has 0 N–H and O–H groups in total. The summed E-state index contributed by atoms with van der Waals surface area (Å²) < 4.78 is 16.8. The zero-order chi connectivity index (χ0) is 50.7. The summed E-state index contributed by atoms with van der Waals surface area (Å²) in [5, 5.41) is 0. The van der Waals surface area contributed by atoms with Gasteiger partial charge in [0.2, 0.25) is 0 Å². The first-order chi connectivity index (χ1) is 34.5. The average molecular weight is 974 g/mol. The van der Waals surface area contributed by atoms with E-state index in [2.05, 4.69) is 118 Å². The monoisotopic (exact) mass is 973 g/mol. The van der Waals surface area contributed by atoms with E-state index in [1.807, 2.05) is 0 Å². The molecule has 0 bridgehead atoms. The van der Waals surface area contributed by atoms with Gasteiger partial charge in [-0.05, 0) is 89.9 Å². The van der Waals surface area contributed by atoms with Crippen LogP contribution in [0.4, 0.5) is 0 Å². The summed E-state index contributed by atoms with van der Waals surface area (Å²) in [6.45, 7) is 6.45. The molecule has 6 nitrogen and oxygen atoms in total. The van der Waals surface area contributed by atoms with E-state index in [4.69, 9.17) is 14.2 Å². The minimum atomic E-state index is -0.803. The lowest BCUT2D eigenvalue weighted by atomic mass is 10.0. The quantitative estimate of drug-likeness (QED) is 0.0262. The number of hydrogen-bond donors (Lipinski definition) is 0. The van der Waals surface area contributed by atoms with E-state index in [0.717, 1.165) is 103 Å². The molecule has 6 heteroatoms. The van der Waals surface area contributed by atoms with E-state index >= 15 is 0 Å². The SMILES string of the molecule is CC/C=C\C/C=C\C/C=C\C/C=C\C/C=C\C/C=C\C/C=C\CCCC(=O)OCC(COC(=O)CCCCCCC/C=C\CCCC)OC(=O)CCCCCCCCCCCCCCCCCCCC. The first-order valence-electron chi connectivity index (χ1n) is 29.2. The van der Waals surface area contributed by atoms with Gasteiger partial charge in [0.1, 0.15) is 13.2 Å². The normalized spacial score (nSPS) is 12.8. The Morgan fingerprint density at radius 2 is 0.586 bits per heavy atom. The van der Waals surface area contributed by atoms with Crippen molar-refractivity contribution in [3.63, 3.8) is 0 Å². The van der Waals surface area contributed by atoms with E-state index < -0.39 is 6.10 Å². The van der Waals surface area contributed by atoms with Crippen molar-refractivity contribution in [2.24, 2.45) is 0 Å². The molecule has 1 atom stereocenters. The van der Waals surface area contributed by atoms with Gasteiger partial charge in [-0.3, -0.25) is 14.4 Å². The molecule has 400 valence electrons. The van der Waals surface area contributed by atoms with Gasteiger partial charge in [0.25, 0.3) is 0 Å². The van der Waals surface area contributed by atoms with Gasteiger partial charge in [0.15, 0.2) is 6.10 Å². The predicted octanol–water partition coefficient (Wildman–Crippen LogP) is 19.7. The summed E-state index contributed by atoms with van der Waals surface area (Å²) >= 11 is 0. The highest BCUT2D eigenvalue weighted by Crippen LogP contribution is 2.16. The van der Waals surface area contributed by atoms with Crippen molar-refractivity contribution in [3.8, 4) is 0 Å². The minimum absolute atomic E-state index is 0.0985. The predicted molar refractivity (Wildman–Crippen MR) is 302 cm³/mol. The molecule has 0 saturated heterocycles. The number of esters is 3. The zero-order valence-electron chi connectivity index (χ0n) is 45.8.